The Hall–Kier alpha value is -2.63. The number of aromatic nitrogens is 2. The molecule has 138 valence electrons. The molecule has 26 heavy (non-hydrogen) atoms. The van der Waals surface area contributed by atoms with E-state index in [4.69, 9.17) is 0 Å². The van der Waals surface area contributed by atoms with Gasteiger partial charge in [0.05, 0.1) is 6.42 Å². The van der Waals surface area contributed by atoms with Crippen LogP contribution in [0.3, 0.4) is 0 Å². The van der Waals surface area contributed by atoms with Crippen LogP contribution in [0.5, 0.6) is 0 Å². The Kier molecular flexibility index (Phi) is 5.71. The zero-order valence-corrected chi connectivity index (χ0v) is 15.8. The third-order valence-corrected chi connectivity index (χ3v) is 4.65. The van der Waals surface area contributed by atoms with E-state index in [9.17, 15) is 4.79 Å². The molecule has 2 aromatic rings. The van der Waals surface area contributed by atoms with Crippen LogP contribution in [0.2, 0.25) is 0 Å². The van der Waals surface area contributed by atoms with Crippen molar-refractivity contribution in [3.63, 3.8) is 0 Å². The summed E-state index contributed by atoms with van der Waals surface area (Å²) in [6, 6.07) is 10.3. The molecule has 0 spiro atoms. The van der Waals surface area contributed by atoms with E-state index in [1.165, 1.54) is 5.56 Å². The monoisotopic (exact) mass is 353 g/mol. The highest BCUT2D eigenvalue weighted by atomic mass is 16.1. The van der Waals surface area contributed by atoms with Gasteiger partial charge in [0.25, 0.3) is 0 Å². The third-order valence-electron chi connectivity index (χ3n) is 4.65. The lowest BCUT2D eigenvalue weighted by atomic mass is 10.0. The first-order valence-corrected chi connectivity index (χ1v) is 9.10. The first-order valence-electron chi connectivity index (χ1n) is 9.10. The summed E-state index contributed by atoms with van der Waals surface area (Å²) in [5, 5.41) is 3.19. The summed E-state index contributed by atoms with van der Waals surface area (Å²) in [4.78, 5) is 25.3. The molecule has 0 bridgehead atoms. The second-order valence-corrected chi connectivity index (χ2v) is 7.15. The van der Waals surface area contributed by atoms with Crippen molar-refractivity contribution in [1.29, 1.82) is 0 Å². The number of anilines is 2. The maximum absolute atomic E-state index is 12.4. The van der Waals surface area contributed by atoms with E-state index in [1.807, 2.05) is 50.2 Å². The molecular formula is C20H27N5O. The number of rotatable bonds is 5. The van der Waals surface area contributed by atoms with E-state index in [0.29, 0.717) is 6.42 Å². The summed E-state index contributed by atoms with van der Waals surface area (Å²) in [6.45, 7) is 3.78. The van der Waals surface area contributed by atoms with Crippen LogP contribution in [0, 0.1) is 6.92 Å². The Morgan fingerprint density at radius 3 is 2.92 bits per heavy atom. The second kappa shape index (κ2) is 8.17. The number of nitrogens with one attached hydrogen (secondary N) is 1. The van der Waals surface area contributed by atoms with Crippen molar-refractivity contribution in [2.45, 2.75) is 32.2 Å². The highest BCUT2D eigenvalue weighted by molar-refractivity contribution is 5.79. The van der Waals surface area contributed by atoms with Crippen LogP contribution in [0.4, 0.5) is 11.6 Å². The first-order chi connectivity index (χ1) is 12.5. The summed E-state index contributed by atoms with van der Waals surface area (Å²) >= 11 is 0. The largest absolute Gasteiger partial charge is 0.363 e. The zero-order valence-electron chi connectivity index (χ0n) is 15.8. The fourth-order valence-corrected chi connectivity index (χ4v) is 3.34. The molecule has 1 amide bonds. The number of amides is 1. The van der Waals surface area contributed by atoms with Gasteiger partial charge in [-0.15, -0.1) is 0 Å². The van der Waals surface area contributed by atoms with Crippen molar-refractivity contribution in [2.75, 3.05) is 37.0 Å². The minimum absolute atomic E-state index is 0.0825. The molecule has 0 saturated carbocycles. The van der Waals surface area contributed by atoms with E-state index in [-0.39, 0.29) is 11.9 Å². The summed E-state index contributed by atoms with van der Waals surface area (Å²) in [7, 11) is 3.94. The SMILES string of the molecule is Cc1cccc(CC(=O)NC2CCCN(c3cc(N(C)C)ncn3)C2)c1. The van der Waals surface area contributed by atoms with Crippen LogP contribution in [-0.2, 0) is 11.2 Å². The Morgan fingerprint density at radius 1 is 1.31 bits per heavy atom. The average Bonchev–Trinajstić information content (AvgIpc) is 2.62. The van der Waals surface area contributed by atoms with Crippen molar-refractivity contribution in [2.24, 2.45) is 0 Å². The van der Waals surface area contributed by atoms with Crippen LogP contribution in [-0.4, -0.2) is 49.1 Å². The lowest BCUT2D eigenvalue weighted by Gasteiger charge is -2.34. The maximum Gasteiger partial charge on any atom is 0.224 e. The predicted octanol–water partition coefficient (Wildman–Crippen LogP) is 2.18. The quantitative estimate of drug-likeness (QED) is 0.893. The van der Waals surface area contributed by atoms with Gasteiger partial charge in [0.2, 0.25) is 5.91 Å². The van der Waals surface area contributed by atoms with Gasteiger partial charge in [-0.05, 0) is 25.3 Å². The Bertz CT molecular complexity index is 761. The fourth-order valence-electron chi connectivity index (χ4n) is 3.34. The molecule has 1 aromatic carbocycles. The van der Waals surface area contributed by atoms with Crippen molar-refractivity contribution >= 4 is 17.5 Å². The lowest BCUT2D eigenvalue weighted by molar-refractivity contribution is -0.121. The molecule has 1 unspecified atom stereocenters. The summed E-state index contributed by atoms with van der Waals surface area (Å²) in [6.07, 6.45) is 4.07. The number of carbonyl (C=O) groups excluding carboxylic acids is 1. The van der Waals surface area contributed by atoms with Crippen LogP contribution >= 0.6 is 0 Å². The van der Waals surface area contributed by atoms with Crippen LogP contribution in [0.1, 0.15) is 24.0 Å². The third kappa shape index (κ3) is 4.71. The number of piperidine rings is 1. The maximum atomic E-state index is 12.4. The Morgan fingerprint density at radius 2 is 2.15 bits per heavy atom. The molecule has 1 aromatic heterocycles. The first kappa shape index (κ1) is 18.2. The van der Waals surface area contributed by atoms with Gasteiger partial charge >= 0.3 is 0 Å². The van der Waals surface area contributed by atoms with E-state index in [1.54, 1.807) is 6.33 Å². The van der Waals surface area contributed by atoms with Gasteiger partial charge < -0.3 is 15.1 Å². The van der Waals surface area contributed by atoms with Crippen molar-refractivity contribution in [3.05, 3.63) is 47.8 Å². The van der Waals surface area contributed by atoms with Gasteiger partial charge in [-0.3, -0.25) is 4.79 Å². The number of nitrogens with zero attached hydrogens (tertiary/aromatic N) is 4. The molecule has 1 aliphatic rings. The number of hydrogen-bond acceptors (Lipinski definition) is 5. The van der Waals surface area contributed by atoms with Crippen molar-refractivity contribution in [1.82, 2.24) is 15.3 Å². The molecule has 3 rings (SSSR count). The summed E-state index contributed by atoms with van der Waals surface area (Å²) in [5.41, 5.74) is 2.24. The summed E-state index contributed by atoms with van der Waals surface area (Å²) in [5.74, 6) is 1.89. The minimum atomic E-state index is 0.0825. The molecule has 0 aliphatic carbocycles. The topological polar surface area (TPSA) is 61.4 Å². The van der Waals surface area contributed by atoms with Gasteiger partial charge in [-0.2, -0.15) is 0 Å². The zero-order chi connectivity index (χ0) is 18.5. The van der Waals surface area contributed by atoms with Crippen molar-refractivity contribution < 1.29 is 4.79 Å². The van der Waals surface area contributed by atoms with Crippen molar-refractivity contribution in [3.8, 4) is 0 Å². The predicted molar refractivity (Wildman–Crippen MR) is 105 cm³/mol. The van der Waals surface area contributed by atoms with Crippen LogP contribution in [0.25, 0.3) is 0 Å². The Balaban J connectivity index is 1.60. The fraction of sp³-hybridized carbons (Fsp3) is 0.450. The molecule has 0 radical (unpaired) electrons. The number of hydrogen-bond donors (Lipinski definition) is 1. The second-order valence-electron chi connectivity index (χ2n) is 7.15. The van der Waals surface area contributed by atoms with E-state index in [2.05, 4.69) is 26.3 Å². The van der Waals surface area contributed by atoms with Gasteiger partial charge in [-0.25, -0.2) is 9.97 Å². The van der Waals surface area contributed by atoms with Crippen LogP contribution < -0.4 is 15.1 Å². The van der Waals surface area contributed by atoms with E-state index >= 15 is 0 Å². The molecule has 1 aliphatic heterocycles. The van der Waals surface area contributed by atoms with Gasteiger partial charge in [0.15, 0.2) is 0 Å². The van der Waals surface area contributed by atoms with E-state index in [0.717, 1.165) is 43.1 Å². The van der Waals surface area contributed by atoms with E-state index < -0.39 is 0 Å². The standard InChI is InChI=1S/C20H27N5O/c1-15-6-4-7-16(10-15)11-20(26)23-17-8-5-9-25(13-17)19-12-18(24(2)3)21-14-22-19/h4,6-7,10,12,14,17H,5,8-9,11,13H2,1-3H3,(H,23,26). The van der Waals surface area contributed by atoms with Gasteiger partial charge in [0, 0.05) is 39.3 Å². The minimum Gasteiger partial charge on any atom is -0.363 e. The molecule has 6 heteroatoms. The highest BCUT2D eigenvalue weighted by Crippen LogP contribution is 2.20. The number of benzene rings is 1. The molecule has 1 N–H and O–H groups in total. The molecule has 1 fully saturated rings. The highest BCUT2D eigenvalue weighted by Gasteiger charge is 2.22. The average molecular weight is 353 g/mol. The van der Waals surface area contributed by atoms with Crippen LogP contribution in [0.15, 0.2) is 36.7 Å². The molecule has 1 atom stereocenters. The lowest BCUT2D eigenvalue weighted by Crippen LogP contribution is -2.48. The summed E-state index contributed by atoms with van der Waals surface area (Å²) < 4.78 is 0. The normalized spacial score (nSPS) is 17.0. The molecule has 1 saturated heterocycles. The molecule has 6 nitrogen and oxygen atoms in total. The Labute approximate surface area is 155 Å². The smallest absolute Gasteiger partial charge is 0.224 e. The van der Waals surface area contributed by atoms with Gasteiger partial charge in [0.1, 0.15) is 18.0 Å². The number of carbonyl (C=O) groups is 1. The molecular weight excluding hydrogens is 326 g/mol. The number of aryl methyl sites for hydroxylation is 1. The van der Waals surface area contributed by atoms with Gasteiger partial charge in [-0.1, -0.05) is 29.8 Å². The molecule has 2 heterocycles.